The highest BCUT2D eigenvalue weighted by Crippen LogP contribution is 2.21. The van der Waals surface area contributed by atoms with E-state index in [2.05, 4.69) is 34.2 Å². The molecule has 0 radical (unpaired) electrons. The minimum absolute atomic E-state index is 0.522. The fraction of sp³-hybridized carbons (Fsp3) is 0.692. The third-order valence-electron chi connectivity index (χ3n) is 3.40. The highest BCUT2D eigenvalue weighted by molar-refractivity contribution is 5.45. The Hall–Kier alpha value is -1.20. The molecule has 5 heteroatoms. The van der Waals surface area contributed by atoms with E-state index in [9.17, 15) is 0 Å². The molecule has 1 N–H and O–H groups in total. The molecule has 0 bridgehead atoms. The third-order valence-corrected chi connectivity index (χ3v) is 3.40. The normalized spacial score (nSPS) is 16.8. The third kappa shape index (κ3) is 3.17. The number of aromatic nitrogens is 2. The van der Waals surface area contributed by atoms with Gasteiger partial charge < -0.3 is 15.0 Å². The molecule has 1 fully saturated rings. The van der Waals surface area contributed by atoms with E-state index in [1.165, 1.54) is 0 Å². The van der Waals surface area contributed by atoms with Crippen molar-refractivity contribution in [1.29, 1.82) is 0 Å². The summed E-state index contributed by atoms with van der Waals surface area (Å²) >= 11 is 0. The number of rotatable bonds is 5. The maximum atomic E-state index is 5.41. The molecule has 100 valence electrons. The minimum atomic E-state index is 0.522. The molecular weight excluding hydrogens is 228 g/mol. The molecule has 0 saturated carbocycles. The Morgan fingerprint density at radius 1 is 1.44 bits per heavy atom. The molecule has 5 nitrogen and oxygen atoms in total. The number of anilines is 1. The standard InChI is InChI=1S/C13H22N4O/c1-3-14-8-11-9-15-10-16-13(11)17(2)12-4-6-18-7-5-12/h9-10,12,14H,3-8H2,1-2H3. The summed E-state index contributed by atoms with van der Waals surface area (Å²) < 4.78 is 5.41. The number of nitrogens with zero attached hydrogens (tertiary/aromatic N) is 3. The van der Waals surface area contributed by atoms with Gasteiger partial charge in [-0.15, -0.1) is 0 Å². The summed E-state index contributed by atoms with van der Waals surface area (Å²) in [6, 6.07) is 0.522. The molecule has 0 atom stereocenters. The van der Waals surface area contributed by atoms with Crippen LogP contribution in [0.15, 0.2) is 12.5 Å². The van der Waals surface area contributed by atoms with Crippen LogP contribution >= 0.6 is 0 Å². The quantitative estimate of drug-likeness (QED) is 0.851. The SMILES string of the molecule is CCNCc1cncnc1N(C)C1CCOCC1. The number of hydrogen-bond donors (Lipinski definition) is 1. The van der Waals surface area contributed by atoms with Gasteiger partial charge in [-0.05, 0) is 19.4 Å². The largest absolute Gasteiger partial charge is 0.381 e. The Morgan fingerprint density at radius 3 is 2.94 bits per heavy atom. The molecule has 0 aromatic carbocycles. The van der Waals surface area contributed by atoms with E-state index >= 15 is 0 Å². The molecule has 1 aliphatic heterocycles. The van der Waals surface area contributed by atoms with Gasteiger partial charge in [0, 0.05) is 44.6 Å². The summed E-state index contributed by atoms with van der Waals surface area (Å²) in [4.78, 5) is 10.8. The van der Waals surface area contributed by atoms with Crippen LogP contribution in [0.2, 0.25) is 0 Å². The lowest BCUT2D eigenvalue weighted by atomic mass is 10.1. The molecular formula is C13H22N4O. The maximum absolute atomic E-state index is 5.41. The molecule has 18 heavy (non-hydrogen) atoms. The lowest BCUT2D eigenvalue weighted by Gasteiger charge is -2.33. The lowest BCUT2D eigenvalue weighted by Crippen LogP contribution is -2.38. The molecule has 1 aliphatic rings. The van der Waals surface area contributed by atoms with Gasteiger partial charge in [0.25, 0.3) is 0 Å². The van der Waals surface area contributed by atoms with Gasteiger partial charge in [0.15, 0.2) is 0 Å². The van der Waals surface area contributed by atoms with E-state index in [1.807, 2.05) is 6.20 Å². The Labute approximate surface area is 109 Å². The van der Waals surface area contributed by atoms with Crippen molar-refractivity contribution in [3.8, 4) is 0 Å². The van der Waals surface area contributed by atoms with E-state index in [4.69, 9.17) is 4.74 Å². The van der Waals surface area contributed by atoms with Crippen LogP contribution in [-0.4, -0.2) is 42.8 Å². The molecule has 0 aliphatic carbocycles. The van der Waals surface area contributed by atoms with Crippen LogP contribution in [0.3, 0.4) is 0 Å². The molecule has 2 heterocycles. The van der Waals surface area contributed by atoms with Crippen molar-refractivity contribution in [2.45, 2.75) is 32.4 Å². The topological polar surface area (TPSA) is 50.3 Å². The first-order valence-corrected chi connectivity index (χ1v) is 6.63. The summed E-state index contributed by atoms with van der Waals surface area (Å²) in [6.07, 6.45) is 5.67. The number of nitrogens with one attached hydrogen (secondary N) is 1. The van der Waals surface area contributed by atoms with Crippen LogP contribution in [-0.2, 0) is 11.3 Å². The second-order valence-electron chi connectivity index (χ2n) is 4.61. The summed E-state index contributed by atoms with van der Waals surface area (Å²) in [5, 5.41) is 3.33. The molecule has 0 amide bonds. The Morgan fingerprint density at radius 2 is 2.22 bits per heavy atom. The monoisotopic (exact) mass is 250 g/mol. The summed E-state index contributed by atoms with van der Waals surface area (Å²) in [6.45, 7) is 5.58. The van der Waals surface area contributed by atoms with Crippen LogP contribution in [0.4, 0.5) is 5.82 Å². The summed E-state index contributed by atoms with van der Waals surface area (Å²) in [7, 11) is 2.12. The van der Waals surface area contributed by atoms with Crippen LogP contribution in [0, 0.1) is 0 Å². The zero-order chi connectivity index (χ0) is 12.8. The van der Waals surface area contributed by atoms with Gasteiger partial charge in [0.05, 0.1) is 0 Å². The number of hydrogen-bond acceptors (Lipinski definition) is 5. The zero-order valence-corrected chi connectivity index (χ0v) is 11.2. The first-order valence-electron chi connectivity index (χ1n) is 6.63. The molecule has 2 rings (SSSR count). The van der Waals surface area contributed by atoms with Crippen LogP contribution in [0.25, 0.3) is 0 Å². The van der Waals surface area contributed by atoms with Gasteiger partial charge in [-0.1, -0.05) is 6.92 Å². The fourth-order valence-electron chi connectivity index (χ4n) is 2.30. The van der Waals surface area contributed by atoms with E-state index < -0.39 is 0 Å². The second-order valence-corrected chi connectivity index (χ2v) is 4.61. The maximum Gasteiger partial charge on any atom is 0.136 e. The summed E-state index contributed by atoms with van der Waals surface area (Å²) in [5.74, 6) is 1.04. The van der Waals surface area contributed by atoms with E-state index in [1.54, 1.807) is 6.33 Å². The predicted molar refractivity (Wildman–Crippen MR) is 71.7 cm³/mol. The van der Waals surface area contributed by atoms with Crippen molar-refractivity contribution in [2.24, 2.45) is 0 Å². The minimum Gasteiger partial charge on any atom is -0.381 e. The van der Waals surface area contributed by atoms with Crippen molar-refractivity contribution in [2.75, 3.05) is 31.7 Å². The Bertz CT molecular complexity index is 366. The lowest BCUT2D eigenvalue weighted by molar-refractivity contribution is 0.0853. The van der Waals surface area contributed by atoms with Crippen molar-refractivity contribution < 1.29 is 4.74 Å². The molecule has 1 aromatic heterocycles. The molecule has 0 unspecified atom stereocenters. The van der Waals surface area contributed by atoms with Gasteiger partial charge in [0.1, 0.15) is 12.1 Å². The van der Waals surface area contributed by atoms with Gasteiger partial charge in [-0.2, -0.15) is 0 Å². The first-order chi connectivity index (χ1) is 8.83. The highest BCUT2D eigenvalue weighted by atomic mass is 16.5. The zero-order valence-electron chi connectivity index (χ0n) is 11.2. The molecule has 0 spiro atoms. The summed E-state index contributed by atoms with van der Waals surface area (Å²) in [5.41, 5.74) is 1.16. The van der Waals surface area contributed by atoms with Gasteiger partial charge >= 0.3 is 0 Å². The van der Waals surface area contributed by atoms with E-state index in [0.29, 0.717) is 6.04 Å². The van der Waals surface area contributed by atoms with Crippen molar-refractivity contribution in [3.05, 3.63) is 18.1 Å². The van der Waals surface area contributed by atoms with Crippen LogP contribution in [0.1, 0.15) is 25.3 Å². The first kappa shape index (κ1) is 13.2. The Balaban J connectivity index is 2.10. The van der Waals surface area contributed by atoms with E-state index in [0.717, 1.165) is 50.5 Å². The number of ether oxygens (including phenoxy) is 1. The fourth-order valence-corrected chi connectivity index (χ4v) is 2.30. The van der Waals surface area contributed by atoms with Gasteiger partial charge in [-0.25, -0.2) is 9.97 Å². The predicted octanol–water partition coefficient (Wildman–Crippen LogP) is 1.20. The van der Waals surface area contributed by atoms with Crippen LogP contribution in [0.5, 0.6) is 0 Å². The van der Waals surface area contributed by atoms with Crippen molar-refractivity contribution in [3.63, 3.8) is 0 Å². The molecule has 1 aromatic rings. The molecule has 1 saturated heterocycles. The van der Waals surface area contributed by atoms with Crippen molar-refractivity contribution in [1.82, 2.24) is 15.3 Å². The smallest absolute Gasteiger partial charge is 0.136 e. The van der Waals surface area contributed by atoms with E-state index in [-0.39, 0.29) is 0 Å². The van der Waals surface area contributed by atoms with Gasteiger partial charge in [0.2, 0.25) is 0 Å². The van der Waals surface area contributed by atoms with Crippen molar-refractivity contribution >= 4 is 5.82 Å². The van der Waals surface area contributed by atoms with Crippen LogP contribution < -0.4 is 10.2 Å². The Kier molecular flexibility index (Phi) is 4.90. The average molecular weight is 250 g/mol. The average Bonchev–Trinajstić information content (AvgIpc) is 2.45. The van der Waals surface area contributed by atoms with Gasteiger partial charge in [-0.3, -0.25) is 0 Å². The highest BCUT2D eigenvalue weighted by Gasteiger charge is 2.21. The second kappa shape index (κ2) is 6.66.